The third kappa shape index (κ3) is 3.76. The molecule has 0 bridgehead atoms. The molecule has 1 N–H and O–H groups in total. The second-order valence-corrected chi connectivity index (χ2v) is 9.43. The van der Waals surface area contributed by atoms with E-state index in [0.29, 0.717) is 37.6 Å². The van der Waals surface area contributed by atoms with Crippen LogP contribution in [0.2, 0.25) is 0 Å². The number of carbonyl (C=O) groups is 1. The molecule has 0 aromatic heterocycles. The fourth-order valence-electron chi connectivity index (χ4n) is 3.13. The van der Waals surface area contributed by atoms with Gasteiger partial charge in [-0.05, 0) is 25.0 Å². The molecule has 26 heavy (non-hydrogen) atoms. The van der Waals surface area contributed by atoms with Crippen LogP contribution in [-0.4, -0.2) is 49.6 Å². The van der Waals surface area contributed by atoms with Crippen LogP contribution in [0.25, 0.3) is 0 Å². The lowest BCUT2D eigenvalue weighted by Gasteiger charge is -2.21. The molecule has 8 heteroatoms. The number of carbonyl (C=O) groups excluding carboxylic acids is 1. The maximum Gasteiger partial charge on any atom is 0.269 e. The van der Waals surface area contributed by atoms with Crippen LogP contribution < -0.4 is 5.32 Å². The zero-order valence-corrected chi connectivity index (χ0v) is 16.2. The van der Waals surface area contributed by atoms with Gasteiger partial charge < -0.3 is 10.2 Å². The molecular formula is C18H25N3O4S. The van der Waals surface area contributed by atoms with Gasteiger partial charge in [0.25, 0.3) is 5.91 Å². The monoisotopic (exact) mass is 379 g/mol. The van der Waals surface area contributed by atoms with Crippen molar-refractivity contribution in [2.45, 2.75) is 44.1 Å². The summed E-state index contributed by atoms with van der Waals surface area (Å²) in [6.07, 6.45) is 0.847. The molecule has 1 aromatic carbocycles. The molecule has 1 aromatic rings. The number of aryl methyl sites for hydroxylation is 1. The number of nitrogens with one attached hydrogen (secondary N) is 1. The largest absolute Gasteiger partial charge is 0.387 e. The van der Waals surface area contributed by atoms with Gasteiger partial charge in [0.15, 0.2) is 5.60 Å². The lowest BCUT2D eigenvalue weighted by atomic mass is 9.96. The fraction of sp³-hybridized carbons (Fsp3) is 0.556. The number of amides is 1. The minimum absolute atomic E-state index is 0.202. The molecule has 0 radical (unpaired) electrons. The first-order chi connectivity index (χ1) is 12.2. The van der Waals surface area contributed by atoms with Crippen LogP contribution in [0.15, 0.2) is 34.3 Å². The highest BCUT2D eigenvalue weighted by Crippen LogP contribution is 2.36. The Morgan fingerprint density at radius 3 is 2.69 bits per heavy atom. The molecule has 0 aliphatic carbocycles. The van der Waals surface area contributed by atoms with Crippen molar-refractivity contribution in [3.63, 3.8) is 0 Å². The molecule has 2 heterocycles. The maximum atomic E-state index is 12.8. The smallest absolute Gasteiger partial charge is 0.269 e. The SMILES string of the molecule is Cc1ccc(S(=O)(=O)N2CC[C@]3(CC(C(=O)NCC(C)C)=NO3)C2)cc1. The van der Waals surface area contributed by atoms with E-state index < -0.39 is 15.6 Å². The average Bonchev–Trinajstić information content (AvgIpc) is 3.21. The van der Waals surface area contributed by atoms with Crippen LogP contribution >= 0.6 is 0 Å². The van der Waals surface area contributed by atoms with Gasteiger partial charge in [-0.3, -0.25) is 4.79 Å². The molecule has 142 valence electrons. The highest BCUT2D eigenvalue weighted by atomic mass is 32.2. The molecule has 1 fully saturated rings. The molecule has 1 saturated heterocycles. The molecule has 1 spiro atoms. The Bertz CT molecular complexity index is 817. The van der Waals surface area contributed by atoms with Crippen molar-refractivity contribution in [1.29, 1.82) is 0 Å². The molecule has 0 saturated carbocycles. The number of rotatable bonds is 5. The summed E-state index contributed by atoms with van der Waals surface area (Å²) >= 11 is 0. The zero-order chi connectivity index (χ0) is 18.9. The Morgan fingerprint density at radius 2 is 2.04 bits per heavy atom. The fourth-order valence-corrected chi connectivity index (χ4v) is 4.65. The first-order valence-electron chi connectivity index (χ1n) is 8.82. The summed E-state index contributed by atoms with van der Waals surface area (Å²) in [6, 6.07) is 6.80. The molecular weight excluding hydrogens is 354 g/mol. The van der Waals surface area contributed by atoms with E-state index in [1.165, 1.54) is 4.31 Å². The van der Waals surface area contributed by atoms with Crippen molar-refractivity contribution < 1.29 is 18.0 Å². The van der Waals surface area contributed by atoms with Gasteiger partial charge in [0.1, 0.15) is 5.71 Å². The van der Waals surface area contributed by atoms with Gasteiger partial charge >= 0.3 is 0 Å². The summed E-state index contributed by atoms with van der Waals surface area (Å²) in [6.45, 7) is 7.06. The average molecular weight is 379 g/mol. The van der Waals surface area contributed by atoms with Crippen molar-refractivity contribution in [3.05, 3.63) is 29.8 Å². The Kier molecular flexibility index (Phi) is 5.07. The van der Waals surface area contributed by atoms with E-state index in [1.807, 2.05) is 20.8 Å². The van der Waals surface area contributed by atoms with Crippen molar-refractivity contribution >= 4 is 21.6 Å². The summed E-state index contributed by atoms with van der Waals surface area (Å²) in [5.74, 6) is 0.105. The summed E-state index contributed by atoms with van der Waals surface area (Å²) in [4.78, 5) is 18.0. The quantitative estimate of drug-likeness (QED) is 0.843. The highest BCUT2D eigenvalue weighted by molar-refractivity contribution is 7.89. The lowest BCUT2D eigenvalue weighted by molar-refractivity contribution is -0.115. The van der Waals surface area contributed by atoms with Crippen LogP contribution in [0.5, 0.6) is 0 Å². The van der Waals surface area contributed by atoms with Crippen LogP contribution in [0.4, 0.5) is 0 Å². The summed E-state index contributed by atoms with van der Waals surface area (Å²) in [5.41, 5.74) is 0.606. The third-order valence-electron chi connectivity index (χ3n) is 4.71. The molecule has 2 aliphatic rings. The minimum atomic E-state index is -3.58. The first kappa shape index (κ1) is 18.8. The molecule has 7 nitrogen and oxygen atoms in total. The van der Waals surface area contributed by atoms with Gasteiger partial charge in [-0.15, -0.1) is 0 Å². The summed E-state index contributed by atoms with van der Waals surface area (Å²) < 4.78 is 27.1. The van der Waals surface area contributed by atoms with Gasteiger partial charge in [0.2, 0.25) is 10.0 Å². The summed E-state index contributed by atoms with van der Waals surface area (Å²) in [5, 5.41) is 6.75. The van der Waals surface area contributed by atoms with E-state index in [4.69, 9.17) is 4.84 Å². The number of nitrogens with zero attached hydrogens (tertiary/aromatic N) is 2. The molecule has 2 aliphatic heterocycles. The molecule has 0 unspecified atom stereocenters. The highest BCUT2D eigenvalue weighted by Gasteiger charge is 2.49. The molecule has 1 amide bonds. The second-order valence-electron chi connectivity index (χ2n) is 7.49. The van der Waals surface area contributed by atoms with E-state index in [0.717, 1.165) is 5.56 Å². The minimum Gasteiger partial charge on any atom is -0.387 e. The van der Waals surface area contributed by atoms with Gasteiger partial charge in [0.05, 0.1) is 11.4 Å². The summed E-state index contributed by atoms with van der Waals surface area (Å²) in [7, 11) is -3.58. The van der Waals surface area contributed by atoms with E-state index in [2.05, 4.69) is 10.5 Å². The van der Waals surface area contributed by atoms with E-state index in [-0.39, 0.29) is 17.3 Å². The van der Waals surface area contributed by atoms with Crippen molar-refractivity contribution in [2.75, 3.05) is 19.6 Å². The van der Waals surface area contributed by atoms with Crippen molar-refractivity contribution in [3.8, 4) is 0 Å². The number of sulfonamides is 1. The first-order valence-corrected chi connectivity index (χ1v) is 10.3. The van der Waals surface area contributed by atoms with Crippen molar-refractivity contribution in [1.82, 2.24) is 9.62 Å². The van der Waals surface area contributed by atoms with Crippen LogP contribution in [0, 0.1) is 12.8 Å². The third-order valence-corrected chi connectivity index (χ3v) is 6.57. The lowest BCUT2D eigenvalue weighted by Crippen LogP contribution is -2.39. The predicted molar refractivity (Wildman–Crippen MR) is 98.3 cm³/mol. The number of benzene rings is 1. The zero-order valence-electron chi connectivity index (χ0n) is 15.4. The topological polar surface area (TPSA) is 88.1 Å². The Balaban J connectivity index is 1.66. The van der Waals surface area contributed by atoms with Gasteiger partial charge in [-0.25, -0.2) is 8.42 Å². The van der Waals surface area contributed by atoms with Crippen LogP contribution in [0.3, 0.4) is 0 Å². The van der Waals surface area contributed by atoms with E-state index in [9.17, 15) is 13.2 Å². The van der Waals surface area contributed by atoms with Gasteiger partial charge in [0, 0.05) is 25.9 Å². The Hall–Kier alpha value is -1.93. The Labute approximate surface area is 154 Å². The van der Waals surface area contributed by atoms with Crippen LogP contribution in [0.1, 0.15) is 32.3 Å². The van der Waals surface area contributed by atoms with Crippen molar-refractivity contribution in [2.24, 2.45) is 11.1 Å². The van der Waals surface area contributed by atoms with Crippen LogP contribution in [-0.2, 0) is 19.7 Å². The molecule has 1 atom stereocenters. The Morgan fingerprint density at radius 1 is 1.35 bits per heavy atom. The predicted octanol–water partition coefficient (Wildman–Crippen LogP) is 1.68. The molecule has 3 rings (SSSR count). The number of oxime groups is 1. The van der Waals surface area contributed by atoms with E-state index in [1.54, 1.807) is 24.3 Å². The maximum absolute atomic E-state index is 12.8. The van der Waals surface area contributed by atoms with Gasteiger partial charge in [-0.1, -0.05) is 36.7 Å². The normalized spacial score (nSPS) is 23.3. The standard InChI is InChI=1S/C18H25N3O4S/c1-13(2)11-19-17(22)16-10-18(25-20-16)8-9-21(12-18)26(23,24)15-6-4-14(3)5-7-15/h4-7,13H,8-12H2,1-3H3,(H,19,22)/t18-/m0/s1. The van der Waals surface area contributed by atoms with Gasteiger partial charge in [-0.2, -0.15) is 4.31 Å². The number of hydrogen-bond donors (Lipinski definition) is 1. The number of hydrogen-bond acceptors (Lipinski definition) is 5. The second kappa shape index (κ2) is 7.00. The van der Waals surface area contributed by atoms with E-state index >= 15 is 0 Å².